The minimum Gasteiger partial charge on any atom is -0.381 e. The van der Waals surface area contributed by atoms with Crippen molar-refractivity contribution < 1.29 is 4.74 Å². The van der Waals surface area contributed by atoms with Crippen molar-refractivity contribution in [3.8, 4) is 11.3 Å². The first-order chi connectivity index (χ1) is 16.9. The number of hydrogen-bond donors (Lipinski definition) is 1. The molecular weight excluding hydrogens is 458 g/mol. The summed E-state index contributed by atoms with van der Waals surface area (Å²) in [6.45, 7) is 16.2. The van der Waals surface area contributed by atoms with Gasteiger partial charge in [0, 0.05) is 62.3 Å². The number of fused-ring (bicyclic) bond motifs is 2. The fraction of sp³-hybridized carbons (Fsp3) is 0.577. The van der Waals surface area contributed by atoms with E-state index in [1.807, 2.05) is 4.52 Å². The van der Waals surface area contributed by atoms with E-state index >= 15 is 0 Å². The first-order valence-corrected chi connectivity index (χ1v) is 13.6. The molecule has 0 bridgehead atoms. The molecule has 0 radical (unpaired) electrons. The van der Waals surface area contributed by atoms with Crippen molar-refractivity contribution in [3.63, 3.8) is 0 Å². The first kappa shape index (κ1) is 22.9. The van der Waals surface area contributed by atoms with E-state index in [1.54, 1.807) is 17.7 Å². The van der Waals surface area contributed by atoms with Crippen LogP contribution in [-0.2, 0) is 4.74 Å². The lowest BCUT2D eigenvalue weighted by molar-refractivity contribution is 0.0280. The van der Waals surface area contributed by atoms with Crippen LogP contribution in [0.15, 0.2) is 12.5 Å². The molecule has 2 aliphatic rings. The van der Waals surface area contributed by atoms with Crippen LogP contribution in [0.1, 0.15) is 56.2 Å². The minimum absolute atomic E-state index is 0.350. The maximum absolute atomic E-state index is 5.58. The maximum Gasteiger partial charge on any atom is 0.188 e. The highest BCUT2D eigenvalue weighted by atomic mass is 32.1. The molecule has 9 heteroatoms. The fourth-order valence-electron chi connectivity index (χ4n) is 5.88. The second-order valence-electron chi connectivity index (χ2n) is 10.4. The van der Waals surface area contributed by atoms with Gasteiger partial charge in [0.2, 0.25) is 0 Å². The number of aromatic amines is 1. The predicted octanol–water partition coefficient (Wildman–Crippen LogP) is 4.76. The van der Waals surface area contributed by atoms with Crippen molar-refractivity contribution in [3.05, 3.63) is 29.2 Å². The summed E-state index contributed by atoms with van der Waals surface area (Å²) < 4.78 is 7.46. The molecule has 6 heterocycles. The summed E-state index contributed by atoms with van der Waals surface area (Å²) in [5.74, 6) is 0.350. The Labute approximate surface area is 210 Å². The molecule has 6 rings (SSSR count). The molecule has 35 heavy (non-hydrogen) atoms. The number of pyridine rings is 1. The number of nitrogens with one attached hydrogen (secondary N) is 1. The van der Waals surface area contributed by atoms with Crippen LogP contribution in [0, 0.1) is 13.8 Å². The van der Waals surface area contributed by atoms with Gasteiger partial charge in [0.25, 0.3) is 0 Å². The Bertz CT molecular complexity index is 1360. The molecule has 1 atom stereocenters. The molecule has 1 N–H and O–H groups in total. The van der Waals surface area contributed by atoms with E-state index in [9.17, 15) is 0 Å². The van der Waals surface area contributed by atoms with E-state index in [4.69, 9.17) is 9.72 Å². The summed E-state index contributed by atoms with van der Waals surface area (Å²) >= 11 is 1.79. The third-order valence-electron chi connectivity index (χ3n) is 7.96. The van der Waals surface area contributed by atoms with Gasteiger partial charge in [-0.1, -0.05) is 25.2 Å². The molecule has 2 fully saturated rings. The van der Waals surface area contributed by atoms with Crippen LogP contribution in [0.2, 0.25) is 0 Å². The highest BCUT2D eigenvalue weighted by Crippen LogP contribution is 2.41. The minimum atomic E-state index is 0.350. The topological polar surface area (TPSA) is 74.6 Å². The molecule has 0 saturated carbocycles. The lowest BCUT2D eigenvalue weighted by Crippen LogP contribution is -2.55. The number of ether oxygens (including phenoxy) is 1. The van der Waals surface area contributed by atoms with Crippen molar-refractivity contribution in [1.82, 2.24) is 29.5 Å². The van der Waals surface area contributed by atoms with Gasteiger partial charge in [-0.2, -0.15) is 5.10 Å². The Hall–Kier alpha value is -2.49. The van der Waals surface area contributed by atoms with Crippen molar-refractivity contribution in [1.29, 1.82) is 0 Å². The number of rotatable bonds is 4. The van der Waals surface area contributed by atoms with Crippen molar-refractivity contribution in [2.75, 3.05) is 37.7 Å². The smallest absolute Gasteiger partial charge is 0.188 e. The number of nitrogens with zero attached hydrogens (tertiary/aromatic N) is 6. The zero-order chi connectivity index (χ0) is 24.3. The molecule has 0 amide bonds. The van der Waals surface area contributed by atoms with Crippen LogP contribution in [0.25, 0.3) is 27.3 Å². The van der Waals surface area contributed by atoms with Gasteiger partial charge in [-0.25, -0.2) is 14.5 Å². The Kier molecular flexibility index (Phi) is 5.81. The van der Waals surface area contributed by atoms with Gasteiger partial charge < -0.3 is 14.6 Å². The summed E-state index contributed by atoms with van der Waals surface area (Å²) in [5.41, 5.74) is 8.06. The Balaban J connectivity index is 1.33. The van der Waals surface area contributed by atoms with E-state index in [1.165, 1.54) is 16.7 Å². The molecule has 0 aliphatic carbocycles. The SMILES string of the molecule is Cc1c(-c2[nH]c3sc(N4CCN(C5CCOCC5)C[C@H]4C)nc3c2C(C)C)cn2ncnc2c1C. The van der Waals surface area contributed by atoms with Crippen LogP contribution in [0.5, 0.6) is 0 Å². The number of anilines is 1. The lowest BCUT2D eigenvalue weighted by Gasteiger charge is -2.44. The Morgan fingerprint density at radius 1 is 1.14 bits per heavy atom. The molecule has 0 aromatic carbocycles. The molecular formula is C26H35N7OS. The summed E-state index contributed by atoms with van der Waals surface area (Å²) in [6, 6.07) is 1.12. The van der Waals surface area contributed by atoms with Crippen LogP contribution in [0.4, 0.5) is 5.13 Å². The summed E-state index contributed by atoms with van der Waals surface area (Å²) in [6.07, 6.45) is 6.04. The zero-order valence-electron chi connectivity index (χ0n) is 21.3. The monoisotopic (exact) mass is 493 g/mol. The van der Waals surface area contributed by atoms with Crippen LogP contribution >= 0.6 is 11.3 Å². The summed E-state index contributed by atoms with van der Waals surface area (Å²) in [7, 11) is 0. The normalized spacial score (nSPS) is 20.6. The lowest BCUT2D eigenvalue weighted by atomic mass is 9.96. The van der Waals surface area contributed by atoms with E-state index in [0.29, 0.717) is 18.0 Å². The molecule has 2 aliphatic heterocycles. The molecule has 0 spiro atoms. The van der Waals surface area contributed by atoms with Crippen LogP contribution in [-0.4, -0.2) is 74.4 Å². The van der Waals surface area contributed by atoms with Gasteiger partial charge in [0.05, 0.1) is 5.69 Å². The molecule has 0 unspecified atom stereocenters. The second-order valence-corrected chi connectivity index (χ2v) is 11.4. The number of piperazine rings is 1. The third kappa shape index (κ3) is 3.84. The average Bonchev–Trinajstić information content (AvgIpc) is 3.56. The Morgan fingerprint density at radius 3 is 2.69 bits per heavy atom. The molecule has 8 nitrogen and oxygen atoms in total. The maximum atomic E-state index is 5.58. The molecule has 4 aromatic heterocycles. The number of thiazole rings is 1. The van der Waals surface area contributed by atoms with E-state index in [-0.39, 0.29) is 0 Å². The summed E-state index contributed by atoms with van der Waals surface area (Å²) in [5, 5.41) is 5.54. The van der Waals surface area contributed by atoms with Gasteiger partial charge in [0.15, 0.2) is 10.8 Å². The highest BCUT2D eigenvalue weighted by molar-refractivity contribution is 7.21. The van der Waals surface area contributed by atoms with Gasteiger partial charge >= 0.3 is 0 Å². The van der Waals surface area contributed by atoms with Crippen LogP contribution < -0.4 is 4.90 Å². The molecule has 2 saturated heterocycles. The standard InChI is InChI=1S/C26H35N7OS/c1-15(2)21-22(20-13-33-24(27-14-28-33)18(5)17(20)4)29-25-23(21)30-26(35-25)32-9-8-31(12-16(32)3)19-6-10-34-11-7-19/h13-16,19,29H,6-12H2,1-5H3/t16-/m1/s1. The van der Waals surface area contributed by atoms with Crippen molar-refractivity contribution >= 4 is 32.5 Å². The van der Waals surface area contributed by atoms with Gasteiger partial charge in [-0.05, 0) is 50.7 Å². The van der Waals surface area contributed by atoms with Crippen LogP contribution in [0.3, 0.4) is 0 Å². The zero-order valence-corrected chi connectivity index (χ0v) is 22.2. The van der Waals surface area contributed by atoms with Gasteiger partial charge in [0.1, 0.15) is 16.7 Å². The highest BCUT2D eigenvalue weighted by Gasteiger charge is 2.32. The van der Waals surface area contributed by atoms with Crippen molar-refractivity contribution in [2.45, 2.75) is 65.5 Å². The number of aryl methyl sites for hydroxylation is 1. The third-order valence-corrected chi connectivity index (χ3v) is 8.97. The Morgan fingerprint density at radius 2 is 1.94 bits per heavy atom. The number of aromatic nitrogens is 5. The van der Waals surface area contributed by atoms with E-state index in [2.05, 4.69) is 65.7 Å². The van der Waals surface area contributed by atoms with Crippen molar-refractivity contribution in [2.24, 2.45) is 0 Å². The van der Waals surface area contributed by atoms with E-state index in [0.717, 1.165) is 78.1 Å². The van der Waals surface area contributed by atoms with E-state index < -0.39 is 0 Å². The largest absolute Gasteiger partial charge is 0.381 e. The number of hydrogen-bond acceptors (Lipinski definition) is 7. The first-order valence-electron chi connectivity index (χ1n) is 12.8. The second kappa shape index (κ2) is 8.87. The van der Waals surface area contributed by atoms with Gasteiger partial charge in [-0.15, -0.1) is 0 Å². The fourth-order valence-corrected chi connectivity index (χ4v) is 6.99. The average molecular weight is 494 g/mol. The predicted molar refractivity (Wildman–Crippen MR) is 142 cm³/mol. The number of H-pyrrole nitrogens is 1. The van der Waals surface area contributed by atoms with Gasteiger partial charge in [-0.3, -0.25) is 4.90 Å². The molecule has 186 valence electrons. The summed E-state index contributed by atoms with van der Waals surface area (Å²) in [4.78, 5) is 19.8. The quantitative estimate of drug-likeness (QED) is 0.442. The molecule has 4 aromatic rings.